The second kappa shape index (κ2) is 7.92. The summed E-state index contributed by atoms with van der Waals surface area (Å²) in [6, 6.07) is 20.6. The van der Waals surface area contributed by atoms with Gasteiger partial charge in [-0.2, -0.15) is 0 Å². The van der Waals surface area contributed by atoms with Gasteiger partial charge < -0.3 is 18.9 Å². The van der Waals surface area contributed by atoms with E-state index in [0.717, 1.165) is 27.4 Å². The van der Waals surface area contributed by atoms with Gasteiger partial charge in [-0.25, -0.2) is 9.97 Å². The number of fused-ring (bicyclic) bond motifs is 2. The van der Waals surface area contributed by atoms with Crippen LogP contribution in [0.4, 0.5) is 10.8 Å². The zero-order valence-electron chi connectivity index (χ0n) is 17.6. The molecule has 0 aliphatic heterocycles. The minimum atomic E-state index is 0.682. The van der Waals surface area contributed by atoms with Crippen LogP contribution < -0.4 is 14.4 Å². The van der Waals surface area contributed by atoms with Crippen molar-refractivity contribution >= 4 is 43.4 Å². The van der Waals surface area contributed by atoms with Crippen molar-refractivity contribution in [1.29, 1.82) is 0 Å². The lowest BCUT2D eigenvalue weighted by atomic mass is 10.2. The molecule has 0 spiro atoms. The van der Waals surface area contributed by atoms with E-state index < -0.39 is 0 Å². The zero-order valence-corrected chi connectivity index (χ0v) is 18.4. The fourth-order valence-electron chi connectivity index (χ4n) is 3.67. The van der Waals surface area contributed by atoms with Crippen molar-refractivity contribution < 1.29 is 9.47 Å². The smallest absolute Gasteiger partial charge is 0.190 e. The summed E-state index contributed by atoms with van der Waals surface area (Å²) >= 11 is 1.70. The largest absolute Gasteiger partial charge is 0.493 e. The fourth-order valence-corrected chi connectivity index (χ4v) is 4.68. The number of hydrogen-bond acceptors (Lipinski definition) is 6. The van der Waals surface area contributed by atoms with E-state index in [1.54, 1.807) is 25.6 Å². The van der Waals surface area contributed by atoms with Gasteiger partial charge >= 0.3 is 0 Å². The van der Waals surface area contributed by atoms with Crippen molar-refractivity contribution in [2.45, 2.75) is 6.54 Å². The van der Waals surface area contributed by atoms with Crippen molar-refractivity contribution in [3.05, 3.63) is 72.6 Å². The Morgan fingerprint density at radius 2 is 1.71 bits per heavy atom. The summed E-state index contributed by atoms with van der Waals surface area (Å²) in [6.45, 7) is 0.712. The third kappa shape index (κ3) is 3.57. The summed E-state index contributed by atoms with van der Waals surface area (Å²) in [6.07, 6.45) is 1.86. The Kier molecular flexibility index (Phi) is 4.95. The summed E-state index contributed by atoms with van der Waals surface area (Å²) in [4.78, 5) is 11.5. The minimum absolute atomic E-state index is 0.682. The average Bonchev–Trinajstić information content (AvgIpc) is 3.41. The van der Waals surface area contributed by atoms with Crippen molar-refractivity contribution in [1.82, 2.24) is 14.5 Å². The maximum Gasteiger partial charge on any atom is 0.190 e. The lowest BCUT2D eigenvalue weighted by molar-refractivity contribution is 0.355. The van der Waals surface area contributed by atoms with Gasteiger partial charge in [0.1, 0.15) is 0 Å². The Balaban J connectivity index is 1.46. The molecule has 0 saturated carbocycles. The zero-order chi connectivity index (χ0) is 21.4. The molecule has 156 valence electrons. The Morgan fingerprint density at radius 1 is 0.935 bits per heavy atom. The molecule has 2 aromatic heterocycles. The fraction of sp³-hybridized carbons (Fsp3) is 0.167. The average molecular weight is 431 g/mol. The normalized spacial score (nSPS) is 11.2. The molecule has 5 aromatic rings. The molecule has 0 N–H and O–H groups in total. The molecule has 0 atom stereocenters. The number of ether oxygens (including phenoxy) is 2. The van der Waals surface area contributed by atoms with Gasteiger partial charge in [0.25, 0.3) is 0 Å². The van der Waals surface area contributed by atoms with Crippen LogP contribution >= 0.6 is 11.3 Å². The highest BCUT2D eigenvalue weighted by atomic mass is 32.1. The van der Waals surface area contributed by atoms with Crippen LogP contribution in [0.2, 0.25) is 0 Å². The highest BCUT2D eigenvalue weighted by Gasteiger charge is 2.13. The highest BCUT2D eigenvalue weighted by molar-refractivity contribution is 7.22. The maximum atomic E-state index is 5.46. The van der Waals surface area contributed by atoms with Crippen LogP contribution in [-0.2, 0) is 6.54 Å². The topological polar surface area (TPSA) is 52.4 Å². The Hall–Kier alpha value is -3.58. The van der Waals surface area contributed by atoms with Gasteiger partial charge in [0, 0.05) is 31.4 Å². The molecule has 0 bridgehead atoms. The number of imidazole rings is 1. The molecule has 6 nitrogen and oxygen atoms in total. The summed E-state index contributed by atoms with van der Waals surface area (Å²) in [7, 11) is 5.33. The molecule has 7 heteroatoms. The van der Waals surface area contributed by atoms with Gasteiger partial charge in [0.2, 0.25) is 0 Å². The van der Waals surface area contributed by atoms with Crippen LogP contribution in [0.1, 0.15) is 5.56 Å². The predicted octanol–water partition coefficient (Wildman–Crippen LogP) is 5.48. The van der Waals surface area contributed by atoms with Crippen molar-refractivity contribution in [2.24, 2.45) is 0 Å². The molecule has 0 saturated heterocycles. The van der Waals surface area contributed by atoms with Crippen LogP contribution in [0, 0.1) is 0 Å². The molecule has 0 unspecified atom stereocenters. The molecule has 0 fully saturated rings. The van der Waals surface area contributed by atoms with Crippen molar-refractivity contribution in [2.75, 3.05) is 26.2 Å². The second-order valence-corrected chi connectivity index (χ2v) is 8.27. The second-order valence-electron chi connectivity index (χ2n) is 7.26. The molecule has 0 aliphatic carbocycles. The number of methoxy groups -OCH3 is 2. The number of benzene rings is 3. The van der Waals surface area contributed by atoms with Gasteiger partial charge in [-0.3, -0.25) is 0 Å². The number of thiazole rings is 1. The quantitative estimate of drug-likeness (QED) is 0.357. The molecule has 31 heavy (non-hydrogen) atoms. The standard InChI is InChI=1S/C24H22N4O2S/c1-27(17-7-5-4-6-8-17)24-26-18-10-9-16(11-23(18)31-24)14-28-15-25-19-12-21(29-2)22(30-3)13-20(19)28/h4-13,15H,14H2,1-3H3. The van der Waals surface area contributed by atoms with E-state index in [1.807, 2.05) is 43.7 Å². The van der Waals surface area contributed by atoms with E-state index in [1.165, 1.54) is 10.3 Å². The minimum Gasteiger partial charge on any atom is -0.493 e. The van der Waals surface area contributed by atoms with Crippen molar-refractivity contribution in [3.63, 3.8) is 0 Å². The first kappa shape index (κ1) is 19.4. The number of anilines is 2. The molecule has 0 amide bonds. The van der Waals surface area contributed by atoms with Crippen LogP contribution in [0.5, 0.6) is 11.5 Å². The molecule has 0 aliphatic rings. The third-order valence-corrected chi connectivity index (χ3v) is 6.45. The van der Waals surface area contributed by atoms with Crippen LogP contribution in [0.25, 0.3) is 21.3 Å². The van der Waals surface area contributed by atoms with E-state index in [0.29, 0.717) is 18.0 Å². The van der Waals surface area contributed by atoms with Gasteiger partial charge in [-0.1, -0.05) is 35.6 Å². The summed E-state index contributed by atoms with van der Waals surface area (Å²) in [5.41, 5.74) is 5.21. The first-order valence-electron chi connectivity index (χ1n) is 9.91. The number of rotatable bonds is 6. The lowest BCUT2D eigenvalue weighted by Gasteiger charge is -2.15. The highest BCUT2D eigenvalue weighted by Crippen LogP contribution is 2.34. The first-order valence-corrected chi connectivity index (χ1v) is 10.7. The third-order valence-electron chi connectivity index (χ3n) is 5.35. The summed E-state index contributed by atoms with van der Waals surface area (Å²) in [5.74, 6) is 1.38. The van der Waals surface area contributed by atoms with Gasteiger partial charge in [0.15, 0.2) is 16.6 Å². The Morgan fingerprint density at radius 3 is 2.48 bits per heavy atom. The molecule has 3 aromatic carbocycles. The molecule has 2 heterocycles. The van der Waals surface area contributed by atoms with Crippen LogP contribution in [-0.4, -0.2) is 35.8 Å². The molecule has 0 radical (unpaired) electrons. The SMILES string of the molecule is COc1cc2ncn(Cc3ccc4nc(N(C)c5ccccc5)sc4c3)c2cc1OC. The van der Waals surface area contributed by atoms with Gasteiger partial charge in [0.05, 0.1) is 41.8 Å². The summed E-state index contributed by atoms with van der Waals surface area (Å²) < 4.78 is 14.1. The monoisotopic (exact) mass is 430 g/mol. The first-order chi connectivity index (χ1) is 15.2. The van der Waals surface area contributed by atoms with Crippen LogP contribution in [0.15, 0.2) is 67.0 Å². The van der Waals surface area contributed by atoms with Gasteiger partial charge in [-0.15, -0.1) is 0 Å². The Bertz CT molecular complexity index is 1360. The maximum absolute atomic E-state index is 5.46. The number of para-hydroxylation sites is 1. The van der Waals surface area contributed by atoms with Crippen LogP contribution in [0.3, 0.4) is 0 Å². The molecular weight excluding hydrogens is 408 g/mol. The molecular formula is C24H22N4O2S. The number of hydrogen-bond donors (Lipinski definition) is 0. The van der Waals surface area contributed by atoms with Crippen molar-refractivity contribution in [3.8, 4) is 11.5 Å². The number of nitrogens with zero attached hydrogens (tertiary/aromatic N) is 4. The lowest BCUT2D eigenvalue weighted by Crippen LogP contribution is -2.08. The van der Waals surface area contributed by atoms with E-state index >= 15 is 0 Å². The van der Waals surface area contributed by atoms with E-state index in [4.69, 9.17) is 14.5 Å². The number of aromatic nitrogens is 3. The molecule has 5 rings (SSSR count). The predicted molar refractivity (Wildman–Crippen MR) is 126 cm³/mol. The van der Waals surface area contributed by atoms with E-state index in [2.05, 4.69) is 44.8 Å². The Labute approximate surface area is 184 Å². The van der Waals surface area contributed by atoms with Gasteiger partial charge in [-0.05, 0) is 29.8 Å². The summed E-state index contributed by atoms with van der Waals surface area (Å²) in [5, 5.41) is 0.975. The van der Waals surface area contributed by atoms with E-state index in [-0.39, 0.29) is 0 Å². The van der Waals surface area contributed by atoms with E-state index in [9.17, 15) is 0 Å².